The Labute approximate surface area is 264 Å². The number of aromatic nitrogens is 2. The Morgan fingerprint density at radius 3 is 1.84 bits per heavy atom. The fourth-order valence-electron chi connectivity index (χ4n) is 5.01. The molecule has 0 unspecified atom stereocenters. The van der Waals surface area contributed by atoms with Crippen LogP contribution in [0.1, 0.15) is 38.8 Å². The second-order valence-corrected chi connectivity index (χ2v) is 15.6. The zero-order valence-electron chi connectivity index (χ0n) is 25.8. The molecule has 3 heterocycles. The van der Waals surface area contributed by atoms with Gasteiger partial charge in [-0.25, -0.2) is 17.4 Å². The average molecular weight is 645 g/mol. The lowest BCUT2D eigenvalue weighted by Crippen LogP contribution is -2.41. The van der Waals surface area contributed by atoms with Crippen LogP contribution in [0.2, 0.25) is 0 Å². The maximum absolute atomic E-state index is 13.9. The summed E-state index contributed by atoms with van der Waals surface area (Å²) in [5, 5.41) is 0.554. The summed E-state index contributed by atoms with van der Waals surface area (Å²) in [7, 11) is -8.77. The molecule has 2 aromatic heterocycles. The Morgan fingerprint density at radius 1 is 0.756 bits per heavy atom. The number of hydrogen-bond acceptors (Lipinski definition) is 8. The fraction of sp³-hybridized carbons (Fsp3) is 0.242. The standard InChI is InChI=1S/C33H33BN2O7S2/c1-22-7-15-27(16-8-22)44(37,38)36-21-30(29-19-25(20-35-31(29)36)34-42-32(3,4)33(5,6)43-34)24-11-13-26(14-12-24)41-45(39,40)28-17-9-23(2)10-18-28/h7-21H,1-6H3. The van der Waals surface area contributed by atoms with Crippen molar-refractivity contribution in [3.05, 3.63) is 102 Å². The van der Waals surface area contributed by atoms with Crippen LogP contribution in [-0.4, -0.2) is 44.1 Å². The Bertz CT molecular complexity index is 2110. The lowest BCUT2D eigenvalue weighted by Gasteiger charge is -2.32. The largest absolute Gasteiger partial charge is 0.496 e. The van der Waals surface area contributed by atoms with Crippen LogP contribution in [0.25, 0.3) is 22.2 Å². The van der Waals surface area contributed by atoms with E-state index in [1.54, 1.807) is 54.7 Å². The summed E-state index contributed by atoms with van der Waals surface area (Å²) in [6.07, 6.45) is 3.10. The van der Waals surface area contributed by atoms with E-state index in [4.69, 9.17) is 13.5 Å². The highest BCUT2D eigenvalue weighted by atomic mass is 32.2. The summed E-state index contributed by atoms with van der Waals surface area (Å²) in [5.74, 6) is 0.117. The molecule has 45 heavy (non-hydrogen) atoms. The third-order valence-corrected chi connectivity index (χ3v) is 11.3. The summed E-state index contributed by atoms with van der Waals surface area (Å²) in [6, 6.07) is 21.3. The first kappa shape index (κ1) is 31.0. The van der Waals surface area contributed by atoms with Crippen LogP contribution in [0.15, 0.2) is 101 Å². The van der Waals surface area contributed by atoms with Crippen molar-refractivity contribution in [1.29, 1.82) is 0 Å². The van der Waals surface area contributed by atoms with Gasteiger partial charge in [0.1, 0.15) is 10.6 Å². The molecule has 0 spiro atoms. The highest BCUT2D eigenvalue weighted by Gasteiger charge is 2.52. The number of fused-ring (bicyclic) bond motifs is 1. The molecule has 1 saturated heterocycles. The van der Waals surface area contributed by atoms with Gasteiger partial charge in [-0.2, -0.15) is 8.42 Å². The summed E-state index contributed by atoms with van der Waals surface area (Å²) in [5.41, 5.74) is 2.77. The van der Waals surface area contributed by atoms with E-state index in [9.17, 15) is 16.8 Å². The monoisotopic (exact) mass is 644 g/mol. The topological polar surface area (TPSA) is 114 Å². The van der Waals surface area contributed by atoms with Gasteiger partial charge >= 0.3 is 17.2 Å². The Kier molecular flexibility index (Phi) is 7.47. The molecular formula is C33H33BN2O7S2. The zero-order chi connectivity index (χ0) is 32.4. The van der Waals surface area contributed by atoms with Crippen molar-refractivity contribution in [3.63, 3.8) is 0 Å². The van der Waals surface area contributed by atoms with Gasteiger partial charge in [-0.1, -0.05) is 47.5 Å². The molecule has 0 atom stereocenters. The van der Waals surface area contributed by atoms with Crippen molar-refractivity contribution in [1.82, 2.24) is 8.96 Å². The number of pyridine rings is 1. The van der Waals surface area contributed by atoms with Gasteiger partial charge in [-0.15, -0.1) is 0 Å². The number of benzene rings is 3. The first-order chi connectivity index (χ1) is 21.1. The van der Waals surface area contributed by atoms with Gasteiger partial charge in [-0.3, -0.25) is 0 Å². The molecule has 1 fully saturated rings. The average Bonchev–Trinajstić information content (AvgIpc) is 3.47. The quantitative estimate of drug-likeness (QED) is 0.166. The van der Waals surface area contributed by atoms with E-state index in [2.05, 4.69) is 4.98 Å². The van der Waals surface area contributed by atoms with E-state index in [1.165, 1.54) is 34.4 Å². The Balaban J connectivity index is 1.43. The molecule has 0 amide bonds. The van der Waals surface area contributed by atoms with Gasteiger partial charge in [0.25, 0.3) is 10.0 Å². The van der Waals surface area contributed by atoms with Crippen LogP contribution in [0.4, 0.5) is 0 Å². The normalized spacial score (nSPS) is 16.3. The molecule has 12 heteroatoms. The van der Waals surface area contributed by atoms with Crippen LogP contribution in [0, 0.1) is 13.8 Å². The Morgan fingerprint density at radius 2 is 1.29 bits per heavy atom. The minimum Gasteiger partial charge on any atom is -0.399 e. The van der Waals surface area contributed by atoms with E-state index in [1.807, 2.05) is 47.6 Å². The lowest BCUT2D eigenvalue weighted by molar-refractivity contribution is 0.00578. The number of nitrogens with zero attached hydrogens (tertiary/aromatic N) is 2. The van der Waals surface area contributed by atoms with Crippen LogP contribution in [-0.2, 0) is 29.5 Å². The maximum atomic E-state index is 13.9. The molecule has 0 bridgehead atoms. The maximum Gasteiger partial charge on any atom is 0.496 e. The summed E-state index contributed by atoms with van der Waals surface area (Å²) >= 11 is 0. The van der Waals surface area contributed by atoms with Gasteiger partial charge in [0, 0.05) is 28.8 Å². The van der Waals surface area contributed by atoms with Crippen molar-refractivity contribution in [2.75, 3.05) is 0 Å². The van der Waals surface area contributed by atoms with Gasteiger partial charge in [0.15, 0.2) is 5.65 Å². The number of rotatable bonds is 7. The first-order valence-electron chi connectivity index (χ1n) is 14.4. The second-order valence-electron chi connectivity index (χ2n) is 12.3. The van der Waals surface area contributed by atoms with Crippen molar-refractivity contribution in [3.8, 4) is 16.9 Å². The summed E-state index contributed by atoms with van der Waals surface area (Å²) in [4.78, 5) is 4.77. The summed E-state index contributed by atoms with van der Waals surface area (Å²) < 4.78 is 72.5. The van der Waals surface area contributed by atoms with Gasteiger partial charge in [0.2, 0.25) is 0 Å². The predicted molar refractivity (Wildman–Crippen MR) is 174 cm³/mol. The Hall–Kier alpha value is -3.97. The highest BCUT2D eigenvalue weighted by molar-refractivity contribution is 7.90. The summed E-state index contributed by atoms with van der Waals surface area (Å²) in [6.45, 7) is 11.6. The first-order valence-corrected chi connectivity index (χ1v) is 17.2. The molecule has 6 rings (SSSR count). The smallest absolute Gasteiger partial charge is 0.399 e. The van der Waals surface area contributed by atoms with Gasteiger partial charge in [0.05, 0.1) is 16.1 Å². The molecule has 0 saturated carbocycles. The van der Waals surface area contributed by atoms with Crippen molar-refractivity contribution >= 4 is 43.8 Å². The van der Waals surface area contributed by atoms with Gasteiger partial charge in [-0.05, 0) is 89.6 Å². The van der Waals surface area contributed by atoms with E-state index in [-0.39, 0.29) is 21.2 Å². The van der Waals surface area contributed by atoms with Gasteiger partial charge < -0.3 is 13.5 Å². The van der Waals surface area contributed by atoms with Crippen molar-refractivity contribution in [2.45, 2.75) is 62.5 Å². The van der Waals surface area contributed by atoms with Crippen molar-refractivity contribution in [2.24, 2.45) is 0 Å². The molecule has 232 valence electrons. The van der Waals surface area contributed by atoms with Crippen LogP contribution >= 0.6 is 0 Å². The lowest BCUT2D eigenvalue weighted by atomic mass is 9.79. The van der Waals surface area contributed by atoms with Crippen LogP contribution < -0.4 is 9.65 Å². The van der Waals surface area contributed by atoms with Crippen LogP contribution in [0.3, 0.4) is 0 Å². The molecule has 1 aliphatic rings. The van der Waals surface area contributed by atoms with Crippen molar-refractivity contribution < 1.29 is 30.3 Å². The fourth-order valence-corrected chi connectivity index (χ4v) is 7.26. The second kappa shape index (κ2) is 10.8. The molecular weight excluding hydrogens is 611 g/mol. The molecule has 1 aliphatic heterocycles. The van der Waals surface area contributed by atoms with E-state index < -0.39 is 38.5 Å². The highest BCUT2D eigenvalue weighted by Crippen LogP contribution is 2.38. The predicted octanol–water partition coefficient (Wildman–Crippen LogP) is 5.62. The van der Waals surface area contributed by atoms with Crippen LogP contribution in [0.5, 0.6) is 5.75 Å². The van der Waals surface area contributed by atoms with E-state index >= 15 is 0 Å². The minimum atomic E-state index is -4.05. The van der Waals surface area contributed by atoms with E-state index in [0.717, 1.165) is 11.1 Å². The molecule has 9 nitrogen and oxygen atoms in total. The third kappa shape index (κ3) is 5.67. The molecule has 3 aromatic carbocycles. The number of aryl methyl sites for hydroxylation is 2. The third-order valence-electron chi connectivity index (χ3n) is 8.42. The minimum absolute atomic E-state index is 0.0443. The number of hydrogen-bond donors (Lipinski definition) is 0. The zero-order valence-corrected chi connectivity index (χ0v) is 27.4. The molecule has 5 aromatic rings. The molecule has 0 aliphatic carbocycles. The van der Waals surface area contributed by atoms with E-state index in [0.29, 0.717) is 22.0 Å². The SMILES string of the molecule is Cc1ccc(S(=O)(=O)Oc2ccc(-c3cn(S(=O)(=O)c4ccc(C)cc4)c4ncc(B5OC(C)(C)C(C)(C)O5)cc34)cc2)cc1. The molecule has 0 radical (unpaired) electrons. The molecule has 0 N–H and O–H groups in total.